The molecule has 1 fully saturated rings. The molecule has 0 spiro atoms. The maximum absolute atomic E-state index is 13.5. The maximum atomic E-state index is 13.5. The van der Waals surface area contributed by atoms with Crippen LogP contribution in [0, 0.1) is 0 Å². The van der Waals surface area contributed by atoms with Gasteiger partial charge < -0.3 is 24.4 Å². The van der Waals surface area contributed by atoms with E-state index in [0.717, 1.165) is 16.6 Å². The molecule has 1 aromatic carbocycles. The molecule has 4 rings (SSSR count). The normalized spacial score (nSPS) is 16.2. The van der Waals surface area contributed by atoms with E-state index in [1.165, 1.54) is 9.47 Å². The van der Waals surface area contributed by atoms with Gasteiger partial charge in [-0.05, 0) is 67.4 Å². The molecule has 0 radical (unpaired) electrons. The number of hydrogen-bond acceptors (Lipinski definition) is 7. The number of nitrogens with one attached hydrogen (secondary N) is 1. The van der Waals surface area contributed by atoms with Gasteiger partial charge in [-0.2, -0.15) is 9.50 Å². The van der Waals surface area contributed by atoms with Crippen molar-refractivity contribution >= 4 is 55.3 Å². The Labute approximate surface area is 245 Å². The summed E-state index contributed by atoms with van der Waals surface area (Å²) in [6, 6.07) is 1.87. The highest BCUT2D eigenvalue weighted by atomic mass is 79.9. The molecule has 2 amide bonds. The first-order valence-electron chi connectivity index (χ1n) is 12.7. The van der Waals surface area contributed by atoms with Crippen molar-refractivity contribution in [1.29, 1.82) is 0 Å². The molecule has 1 aliphatic heterocycles. The van der Waals surface area contributed by atoms with E-state index in [1.807, 2.05) is 0 Å². The zero-order valence-corrected chi connectivity index (χ0v) is 25.4. The molecule has 42 heavy (non-hydrogen) atoms. The molecule has 232 valence electrons. The van der Waals surface area contributed by atoms with Crippen molar-refractivity contribution in [2.45, 2.75) is 51.2 Å². The number of aromatic nitrogens is 4. The summed E-state index contributed by atoms with van der Waals surface area (Å²) in [4.78, 5) is 44.5. The Kier molecular flexibility index (Phi) is 7.58. The molecule has 0 unspecified atom stereocenters. The number of fused-ring (bicyclic) bond motifs is 1. The Morgan fingerprint density at radius 2 is 1.64 bits per heavy atom. The van der Waals surface area contributed by atoms with E-state index in [-0.39, 0.29) is 66.6 Å². The minimum atomic E-state index is -9.86. The van der Waals surface area contributed by atoms with Gasteiger partial charge in [0, 0.05) is 31.9 Å². The van der Waals surface area contributed by atoms with E-state index < -0.39 is 44.8 Å². The number of halogens is 6. The smallest absolute Gasteiger partial charge is 0.410 e. The fourth-order valence-corrected chi connectivity index (χ4v) is 5.45. The van der Waals surface area contributed by atoms with Gasteiger partial charge in [0.2, 0.25) is 16.4 Å². The summed E-state index contributed by atoms with van der Waals surface area (Å²) in [6.45, 7) is 7.73. The van der Waals surface area contributed by atoms with Crippen molar-refractivity contribution in [3.8, 4) is 0 Å². The second-order valence-corrected chi connectivity index (χ2v) is 13.7. The molecule has 0 atom stereocenters. The molecule has 0 aliphatic carbocycles. The van der Waals surface area contributed by atoms with Crippen LogP contribution < -0.4 is 15.8 Å². The highest BCUT2D eigenvalue weighted by Gasteiger charge is 2.65. The first-order valence-corrected chi connectivity index (χ1v) is 15.5. The van der Waals surface area contributed by atoms with Crippen LogP contribution in [-0.4, -0.2) is 67.8 Å². The topological polar surface area (TPSA) is 114 Å². The van der Waals surface area contributed by atoms with Crippen molar-refractivity contribution in [3.05, 3.63) is 45.0 Å². The molecule has 0 bridgehead atoms. The zero-order valence-electron chi connectivity index (χ0n) is 23.0. The number of benzene rings is 1. The predicted molar refractivity (Wildman–Crippen MR) is 151 cm³/mol. The fourth-order valence-electron chi connectivity index (χ4n) is 4.48. The SMILES string of the molecule is CCc1c(N2CCN(C(=O)OC(C)(C)C)CC2)c(=O)n2nc(Br)nc2n1CC(=O)Nc1ccc(S(F)(F)(F)(F)F)cc1. The van der Waals surface area contributed by atoms with Crippen LogP contribution in [0.3, 0.4) is 0 Å². The van der Waals surface area contributed by atoms with Crippen LogP contribution in [0.25, 0.3) is 5.78 Å². The molecule has 18 heteroatoms. The standard InChI is InChI=1S/C24H29BrF5N7O4S/c1-5-17-19(34-10-12-35(13-11-34)23(40)41-24(2,3)4)20(39)37-22(32-21(25)33-37)36(17)14-18(38)31-15-6-8-16(9-7-15)42(26,27,28,29)30/h6-9H,5,10-14H2,1-4H3,(H,31,38). The lowest BCUT2D eigenvalue weighted by molar-refractivity contribution is -0.116. The second-order valence-electron chi connectivity index (χ2n) is 10.6. The number of amides is 2. The van der Waals surface area contributed by atoms with Crippen molar-refractivity contribution in [1.82, 2.24) is 24.1 Å². The lowest BCUT2D eigenvalue weighted by Crippen LogP contribution is -2.51. The molecule has 3 heterocycles. The van der Waals surface area contributed by atoms with Crippen molar-refractivity contribution in [3.63, 3.8) is 0 Å². The van der Waals surface area contributed by atoms with Gasteiger partial charge in [-0.25, -0.2) is 4.79 Å². The fraction of sp³-hybridized carbons (Fsp3) is 0.458. The first kappa shape index (κ1) is 31.5. The Morgan fingerprint density at radius 3 is 2.17 bits per heavy atom. The van der Waals surface area contributed by atoms with Gasteiger partial charge in [-0.3, -0.25) is 9.59 Å². The second kappa shape index (κ2) is 10.1. The van der Waals surface area contributed by atoms with Crippen LogP contribution in [0.5, 0.6) is 0 Å². The van der Waals surface area contributed by atoms with E-state index in [9.17, 15) is 33.8 Å². The Hall–Kier alpha value is -3.41. The molecule has 0 saturated carbocycles. The van der Waals surface area contributed by atoms with Crippen LogP contribution in [0.4, 0.5) is 35.6 Å². The Balaban J connectivity index is 1.62. The van der Waals surface area contributed by atoms with E-state index in [0.29, 0.717) is 5.69 Å². The molecule has 1 saturated heterocycles. The van der Waals surface area contributed by atoms with Crippen LogP contribution in [-0.2, 0) is 22.5 Å². The zero-order chi connectivity index (χ0) is 31.3. The lowest BCUT2D eigenvalue weighted by atomic mass is 10.2. The number of piperazine rings is 1. The molecule has 1 N–H and O–H groups in total. The number of rotatable bonds is 6. The van der Waals surface area contributed by atoms with Gasteiger partial charge in [0.15, 0.2) is 0 Å². The Bertz CT molecular complexity index is 1600. The predicted octanol–water partition coefficient (Wildman–Crippen LogP) is 5.57. The van der Waals surface area contributed by atoms with Crippen molar-refractivity contribution in [2.75, 3.05) is 36.4 Å². The highest BCUT2D eigenvalue weighted by molar-refractivity contribution is 9.10. The van der Waals surface area contributed by atoms with Crippen LogP contribution in [0.2, 0.25) is 0 Å². The number of carbonyl (C=O) groups excluding carboxylic acids is 2. The van der Waals surface area contributed by atoms with E-state index in [4.69, 9.17) is 4.74 Å². The van der Waals surface area contributed by atoms with E-state index >= 15 is 0 Å². The minimum Gasteiger partial charge on any atom is -0.444 e. The first-order chi connectivity index (χ1) is 19.2. The summed E-state index contributed by atoms with van der Waals surface area (Å²) in [5, 5.41) is 6.49. The molecule has 11 nitrogen and oxygen atoms in total. The third-order valence-corrected chi connectivity index (χ3v) is 7.77. The minimum absolute atomic E-state index is 0.0336. The summed E-state index contributed by atoms with van der Waals surface area (Å²) < 4.78 is 73.2. The van der Waals surface area contributed by atoms with Crippen LogP contribution in [0.1, 0.15) is 33.4 Å². The average Bonchev–Trinajstić information content (AvgIpc) is 3.25. The quantitative estimate of drug-likeness (QED) is 0.338. The third-order valence-electron chi connectivity index (χ3n) is 6.27. The number of carbonyl (C=O) groups is 2. The monoisotopic (exact) mass is 685 g/mol. The number of nitrogens with zero attached hydrogens (tertiary/aromatic N) is 6. The number of anilines is 2. The van der Waals surface area contributed by atoms with E-state index in [1.54, 1.807) is 32.6 Å². The molecular formula is C24H29BrF5N7O4S. The maximum Gasteiger partial charge on any atom is 0.410 e. The third kappa shape index (κ3) is 6.96. The van der Waals surface area contributed by atoms with Crippen LogP contribution >= 0.6 is 26.2 Å². The lowest BCUT2D eigenvalue weighted by Gasteiger charge is -2.40. The molecule has 2 aromatic heterocycles. The van der Waals surface area contributed by atoms with Crippen molar-refractivity contribution < 1.29 is 33.8 Å². The summed E-state index contributed by atoms with van der Waals surface area (Å²) >= 11 is 3.14. The summed E-state index contributed by atoms with van der Waals surface area (Å²) in [7, 11) is -9.86. The van der Waals surface area contributed by atoms with E-state index in [2.05, 4.69) is 31.3 Å². The van der Waals surface area contributed by atoms with Gasteiger partial charge in [0.1, 0.15) is 22.7 Å². The number of hydrogen-bond donors (Lipinski definition) is 1. The molecule has 1 aliphatic rings. The summed E-state index contributed by atoms with van der Waals surface area (Å²) in [6.07, 6.45) is -0.194. The van der Waals surface area contributed by atoms with Gasteiger partial charge in [0.25, 0.3) is 5.56 Å². The molecule has 3 aromatic rings. The Morgan fingerprint density at radius 1 is 1.05 bits per heavy atom. The van der Waals surface area contributed by atoms with Crippen LogP contribution in [0.15, 0.2) is 38.7 Å². The van der Waals surface area contributed by atoms with Gasteiger partial charge >= 0.3 is 16.3 Å². The van der Waals surface area contributed by atoms with Gasteiger partial charge in [-0.1, -0.05) is 26.4 Å². The van der Waals surface area contributed by atoms with Gasteiger partial charge in [-0.15, -0.1) is 5.10 Å². The van der Waals surface area contributed by atoms with Crippen molar-refractivity contribution in [2.24, 2.45) is 0 Å². The summed E-state index contributed by atoms with van der Waals surface area (Å²) in [5.41, 5.74) is -0.615. The largest absolute Gasteiger partial charge is 0.444 e. The van der Waals surface area contributed by atoms with Gasteiger partial charge in [0.05, 0.1) is 5.69 Å². The highest BCUT2D eigenvalue weighted by Crippen LogP contribution is 3.02. The average molecular weight is 687 g/mol. The summed E-state index contributed by atoms with van der Waals surface area (Å²) in [5.74, 6) is -0.679. The number of ether oxygens (including phenoxy) is 1. The molecular weight excluding hydrogens is 657 g/mol.